The second-order valence-electron chi connectivity index (χ2n) is 8.22. The largest absolute Gasteiger partial charge is 0.355 e. The van der Waals surface area contributed by atoms with Crippen molar-refractivity contribution in [2.75, 3.05) is 6.54 Å². The summed E-state index contributed by atoms with van der Waals surface area (Å²) in [5.41, 5.74) is 2.82. The Kier molecular flexibility index (Phi) is 4.15. The van der Waals surface area contributed by atoms with Gasteiger partial charge >= 0.3 is 0 Å². The molecule has 2 aromatic carbocycles. The number of nitrogens with one attached hydrogen (secondary N) is 1. The maximum atomic E-state index is 12.8. The SMILES string of the molecule is CC(CNC(=O)C1CCC2(CC2)C1)(c1ccccc1)c1ccccc1. The quantitative estimate of drug-likeness (QED) is 0.845. The van der Waals surface area contributed by atoms with Gasteiger partial charge in [-0.1, -0.05) is 60.7 Å². The van der Waals surface area contributed by atoms with Crippen molar-refractivity contribution in [3.8, 4) is 0 Å². The normalized spacial score (nSPS) is 21.2. The molecule has 4 rings (SSSR count). The van der Waals surface area contributed by atoms with Crippen molar-refractivity contribution in [3.63, 3.8) is 0 Å². The first-order valence-corrected chi connectivity index (χ1v) is 9.50. The average Bonchev–Trinajstić information content (AvgIpc) is 3.29. The van der Waals surface area contributed by atoms with Crippen molar-refractivity contribution >= 4 is 5.91 Å². The monoisotopic (exact) mass is 333 g/mol. The Morgan fingerprint density at radius 1 is 1.00 bits per heavy atom. The molecule has 1 amide bonds. The molecule has 1 spiro atoms. The van der Waals surface area contributed by atoms with E-state index in [4.69, 9.17) is 0 Å². The first kappa shape index (κ1) is 16.4. The summed E-state index contributed by atoms with van der Waals surface area (Å²) in [4.78, 5) is 12.8. The Balaban J connectivity index is 1.52. The predicted molar refractivity (Wildman–Crippen MR) is 101 cm³/mol. The molecule has 130 valence electrons. The lowest BCUT2D eigenvalue weighted by Crippen LogP contribution is -2.41. The molecular weight excluding hydrogens is 306 g/mol. The predicted octanol–water partition coefficient (Wildman–Crippen LogP) is 4.69. The van der Waals surface area contributed by atoms with Crippen LogP contribution in [-0.2, 0) is 10.2 Å². The molecule has 1 unspecified atom stereocenters. The molecule has 0 aliphatic heterocycles. The van der Waals surface area contributed by atoms with Crippen LogP contribution in [0.2, 0.25) is 0 Å². The number of hydrogen-bond acceptors (Lipinski definition) is 1. The zero-order valence-electron chi connectivity index (χ0n) is 15.0. The summed E-state index contributed by atoms with van der Waals surface area (Å²) in [6.45, 7) is 2.87. The Bertz CT molecular complexity index is 694. The molecule has 2 aliphatic carbocycles. The lowest BCUT2D eigenvalue weighted by molar-refractivity contribution is -0.125. The van der Waals surface area contributed by atoms with E-state index >= 15 is 0 Å². The van der Waals surface area contributed by atoms with Gasteiger partial charge in [-0.15, -0.1) is 0 Å². The third-order valence-electron chi connectivity index (χ3n) is 6.47. The van der Waals surface area contributed by atoms with Gasteiger partial charge in [0.15, 0.2) is 0 Å². The second-order valence-corrected chi connectivity index (χ2v) is 8.22. The molecule has 25 heavy (non-hydrogen) atoms. The summed E-state index contributed by atoms with van der Waals surface area (Å²) in [5.74, 6) is 0.472. The smallest absolute Gasteiger partial charge is 0.223 e. The molecule has 1 atom stereocenters. The van der Waals surface area contributed by atoms with E-state index < -0.39 is 0 Å². The van der Waals surface area contributed by atoms with Crippen LogP contribution < -0.4 is 5.32 Å². The van der Waals surface area contributed by atoms with Gasteiger partial charge in [0.05, 0.1) is 0 Å². The van der Waals surface area contributed by atoms with Gasteiger partial charge in [0.2, 0.25) is 5.91 Å². The Labute approximate surface area is 150 Å². The zero-order valence-corrected chi connectivity index (χ0v) is 15.0. The average molecular weight is 333 g/mol. The van der Waals surface area contributed by atoms with Crippen LogP contribution in [0.15, 0.2) is 60.7 Å². The van der Waals surface area contributed by atoms with Crippen molar-refractivity contribution in [1.29, 1.82) is 0 Å². The van der Waals surface area contributed by atoms with E-state index in [9.17, 15) is 4.79 Å². The maximum absolute atomic E-state index is 12.8. The molecule has 2 saturated carbocycles. The van der Waals surface area contributed by atoms with Crippen LogP contribution in [0.1, 0.15) is 50.2 Å². The highest BCUT2D eigenvalue weighted by molar-refractivity contribution is 5.79. The fourth-order valence-corrected chi connectivity index (χ4v) is 4.45. The van der Waals surface area contributed by atoms with Gasteiger partial charge in [0.25, 0.3) is 0 Å². The van der Waals surface area contributed by atoms with Gasteiger partial charge in [-0.25, -0.2) is 0 Å². The topological polar surface area (TPSA) is 29.1 Å². The second kappa shape index (κ2) is 6.33. The van der Waals surface area contributed by atoms with Gasteiger partial charge in [-0.3, -0.25) is 4.79 Å². The van der Waals surface area contributed by atoms with Crippen LogP contribution in [0.4, 0.5) is 0 Å². The molecule has 0 radical (unpaired) electrons. The van der Waals surface area contributed by atoms with Crippen LogP contribution in [0.25, 0.3) is 0 Å². The van der Waals surface area contributed by atoms with E-state index in [2.05, 4.69) is 60.8 Å². The van der Waals surface area contributed by atoms with E-state index in [1.165, 1.54) is 30.4 Å². The minimum Gasteiger partial charge on any atom is -0.355 e. The molecule has 2 heteroatoms. The van der Waals surface area contributed by atoms with Crippen LogP contribution >= 0.6 is 0 Å². The Morgan fingerprint density at radius 3 is 2.04 bits per heavy atom. The van der Waals surface area contributed by atoms with E-state index in [1.807, 2.05) is 12.1 Å². The minimum absolute atomic E-state index is 0.214. The summed E-state index contributed by atoms with van der Waals surface area (Å²) in [6.07, 6.45) is 6.09. The standard InChI is InChI=1S/C23H27NO/c1-22(19-8-4-2-5-9-19,20-10-6-3-7-11-20)17-24-21(25)18-12-13-23(16-18)14-15-23/h2-11,18H,12-17H2,1H3,(H,24,25). The van der Waals surface area contributed by atoms with Gasteiger partial charge in [0.1, 0.15) is 0 Å². The lowest BCUT2D eigenvalue weighted by atomic mass is 9.76. The van der Waals surface area contributed by atoms with Crippen LogP contribution in [-0.4, -0.2) is 12.5 Å². The van der Waals surface area contributed by atoms with Crippen molar-refractivity contribution in [2.45, 2.75) is 44.4 Å². The van der Waals surface area contributed by atoms with E-state index in [0.29, 0.717) is 12.0 Å². The van der Waals surface area contributed by atoms with Gasteiger partial charge in [0, 0.05) is 17.9 Å². The van der Waals surface area contributed by atoms with Crippen molar-refractivity contribution in [1.82, 2.24) is 5.32 Å². The summed E-state index contributed by atoms with van der Waals surface area (Å²) in [7, 11) is 0. The van der Waals surface area contributed by atoms with Crippen LogP contribution in [0.5, 0.6) is 0 Å². The highest BCUT2D eigenvalue weighted by Crippen LogP contribution is 2.59. The minimum atomic E-state index is -0.214. The zero-order chi connectivity index (χ0) is 17.3. The Morgan fingerprint density at radius 2 is 1.56 bits per heavy atom. The molecule has 0 bridgehead atoms. The summed E-state index contributed by atoms with van der Waals surface area (Å²) >= 11 is 0. The number of rotatable bonds is 5. The van der Waals surface area contributed by atoms with E-state index in [0.717, 1.165) is 12.8 Å². The van der Waals surface area contributed by atoms with Crippen molar-refractivity contribution in [2.24, 2.45) is 11.3 Å². The van der Waals surface area contributed by atoms with Crippen molar-refractivity contribution in [3.05, 3.63) is 71.8 Å². The molecule has 2 nitrogen and oxygen atoms in total. The van der Waals surface area contributed by atoms with Crippen LogP contribution in [0, 0.1) is 11.3 Å². The molecule has 0 heterocycles. The highest BCUT2D eigenvalue weighted by Gasteiger charge is 2.49. The number of amides is 1. The molecule has 0 saturated heterocycles. The third-order valence-corrected chi connectivity index (χ3v) is 6.47. The number of benzene rings is 2. The Hall–Kier alpha value is -2.09. The molecule has 0 aromatic heterocycles. The van der Waals surface area contributed by atoms with Gasteiger partial charge < -0.3 is 5.32 Å². The molecule has 2 aromatic rings. The van der Waals surface area contributed by atoms with Crippen LogP contribution in [0.3, 0.4) is 0 Å². The van der Waals surface area contributed by atoms with Gasteiger partial charge in [-0.2, -0.15) is 0 Å². The lowest BCUT2D eigenvalue weighted by Gasteiger charge is -2.32. The molecule has 2 aliphatic rings. The number of carbonyl (C=O) groups is 1. The van der Waals surface area contributed by atoms with Crippen molar-refractivity contribution < 1.29 is 4.79 Å². The fourth-order valence-electron chi connectivity index (χ4n) is 4.45. The molecular formula is C23H27NO. The fraction of sp³-hybridized carbons (Fsp3) is 0.435. The number of hydrogen-bond donors (Lipinski definition) is 1. The maximum Gasteiger partial charge on any atom is 0.223 e. The van der Waals surface area contributed by atoms with E-state index in [1.54, 1.807) is 0 Å². The number of carbonyl (C=O) groups excluding carboxylic acids is 1. The summed E-state index contributed by atoms with van der Waals surface area (Å²) in [6, 6.07) is 21.0. The summed E-state index contributed by atoms with van der Waals surface area (Å²) < 4.78 is 0. The highest BCUT2D eigenvalue weighted by atomic mass is 16.1. The van der Waals surface area contributed by atoms with Gasteiger partial charge in [-0.05, 0) is 55.6 Å². The molecule has 2 fully saturated rings. The molecule has 1 N–H and O–H groups in total. The third kappa shape index (κ3) is 3.22. The van der Waals surface area contributed by atoms with E-state index in [-0.39, 0.29) is 17.2 Å². The summed E-state index contributed by atoms with van der Waals surface area (Å²) in [5, 5.41) is 3.29. The first-order valence-electron chi connectivity index (χ1n) is 9.50. The first-order chi connectivity index (χ1) is 12.1.